The van der Waals surface area contributed by atoms with E-state index in [4.69, 9.17) is 10.5 Å². The van der Waals surface area contributed by atoms with Gasteiger partial charge in [0, 0.05) is 42.8 Å². The second kappa shape index (κ2) is 4.39. The lowest BCUT2D eigenvalue weighted by molar-refractivity contribution is 0.125. The number of likely N-dealkylation sites (tertiary alicyclic amines) is 1. The molecule has 0 radical (unpaired) electrons. The predicted molar refractivity (Wildman–Crippen MR) is 68.2 cm³/mol. The predicted octanol–water partition coefficient (Wildman–Crippen LogP) is 1.19. The van der Waals surface area contributed by atoms with Gasteiger partial charge in [-0.2, -0.15) is 0 Å². The van der Waals surface area contributed by atoms with Gasteiger partial charge in [-0.15, -0.1) is 0 Å². The Morgan fingerprint density at radius 1 is 1.35 bits per heavy atom. The number of benzene rings is 1. The molecule has 1 saturated heterocycles. The fourth-order valence-electron chi connectivity index (χ4n) is 2.26. The molecule has 0 atom stereocenters. The summed E-state index contributed by atoms with van der Waals surface area (Å²) < 4.78 is 5.82. The average molecular weight is 231 g/mol. The highest BCUT2D eigenvalue weighted by molar-refractivity contribution is 5.85. The zero-order valence-corrected chi connectivity index (χ0v) is 9.73. The highest BCUT2D eigenvalue weighted by Crippen LogP contribution is 2.24. The van der Waals surface area contributed by atoms with E-state index in [1.54, 1.807) is 0 Å². The van der Waals surface area contributed by atoms with Crippen LogP contribution in [0.3, 0.4) is 0 Å². The lowest BCUT2D eigenvalue weighted by atomic mass is 10.1. The van der Waals surface area contributed by atoms with Crippen molar-refractivity contribution in [3.05, 3.63) is 30.5 Å². The van der Waals surface area contributed by atoms with Crippen molar-refractivity contribution in [3.63, 3.8) is 0 Å². The van der Waals surface area contributed by atoms with Gasteiger partial charge in [-0.05, 0) is 18.2 Å². The molecule has 1 aliphatic heterocycles. The summed E-state index contributed by atoms with van der Waals surface area (Å²) in [6, 6.07) is 8.48. The number of nitrogens with two attached hydrogens (primary N) is 1. The van der Waals surface area contributed by atoms with Gasteiger partial charge in [-0.25, -0.2) is 0 Å². The molecule has 0 aliphatic carbocycles. The van der Waals surface area contributed by atoms with Crippen molar-refractivity contribution in [1.82, 2.24) is 9.88 Å². The largest absolute Gasteiger partial charge is 0.492 e. The number of hydrogen-bond acceptors (Lipinski definition) is 3. The number of aromatic nitrogens is 1. The highest BCUT2D eigenvalue weighted by Gasteiger charge is 2.22. The Hall–Kier alpha value is -1.52. The third kappa shape index (κ3) is 2.14. The zero-order valence-electron chi connectivity index (χ0n) is 9.73. The van der Waals surface area contributed by atoms with E-state index in [0.717, 1.165) is 42.9 Å². The van der Waals surface area contributed by atoms with Gasteiger partial charge in [0.25, 0.3) is 0 Å². The summed E-state index contributed by atoms with van der Waals surface area (Å²) in [5.41, 5.74) is 6.84. The van der Waals surface area contributed by atoms with Gasteiger partial charge >= 0.3 is 0 Å². The van der Waals surface area contributed by atoms with E-state index in [0.29, 0.717) is 6.04 Å². The molecule has 1 fully saturated rings. The van der Waals surface area contributed by atoms with Crippen LogP contribution < -0.4 is 10.5 Å². The maximum Gasteiger partial charge on any atom is 0.128 e. The number of fused-ring (bicyclic) bond motifs is 1. The van der Waals surface area contributed by atoms with E-state index < -0.39 is 0 Å². The summed E-state index contributed by atoms with van der Waals surface area (Å²) in [7, 11) is 0. The molecule has 2 aromatic rings. The Kier molecular flexibility index (Phi) is 2.74. The summed E-state index contributed by atoms with van der Waals surface area (Å²) in [6.45, 7) is 3.67. The van der Waals surface area contributed by atoms with Crippen LogP contribution >= 0.6 is 0 Å². The van der Waals surface area contributed by atoms with Crippen molar-refractivity contribution in [2.75, 3.05) is 26.2 Å². The summed E-state index contributed by atoms with van der Waals surface area (Å²) in [5.74, 6) is 0.952. The Morgan fingerprint density at radius 3 is 3.06 bits per heavy atom. The standard InChI is InChI=1S/C13H17N3O/c14-10-8-16(9-10)6-7-17-13-3-1-2-12-11(13)4-5-15-12/h1-5,10,15H,6-9,14H2. The number of aromatic amines is 1. The average Bonchev–Trinajstić information content (AvgIpc) is 2.75. The molecule has 3 rings (SSSR count). The van der Waals surface area contributed by atoms with Crippen LogP contribution in [0.4, 0.5) is 0 Å². The van der Waals surface area contributed by atoms with E-state index in [9.17, 15) is 0 Å². The summed E-state index contributed by atoms with van der Waals surface area (Å²) in [4.78, 5) is 5.49. The summed E-state index contributed by atoms with van der Waals surface area (Å²) in [5, 5.41) is 1.15. The Labute approximate surface area is 100 Å². The van der Waals surface area contributed by atoms with Crippen molar-refractivity contribution in [1.29, 1.82) is 0 Å². The molecule has 1 aliphatic rings. The van der Waals surface area contributed by atoms with Crippen LogP contribution in [0.25, 0.3) is 10.9 Å². The Bertz CT molecular complexity index is 502. The number of nitrogens with one attached hydrogen (secondary N) is 1. The molecule has 3 N–H and O–H groups in total. The molecule has 90 valence electrons. The molecule has 2 heterocycles. The fraction of sp³-hybridized carbons (Fsp3) is 0.385. The highest BCUT2D eigenvalue weighted by atomic mass is 16.5. The first kappa shape index (κ1) is 10.6. The minimum atomic E-state index is 0.364. The fourth-order valence-corrected chi connectivity index (χ4v) is 2.26. The first-order valence-corrected chi connectivity index (χ1v) is 6.00. The van der Waals surface area contributed by atoms with E-state index in [1.807, 2.05) is 24.4 Å². The van der Waals surface area contributed by atoms with E-state index >= 15 is 0 Å². The van der Waals surface area contributed by atoms with Crippen LogP contribution in [-0.4, -0.2) is 42.2 Å². The lowest BCUT2D eigenvalue weighted by Crippen LogP contribution is -2.56. The van der Waals surface area contributed by atoms with Crippen molar-refractivity contribution in [3.8, 4) is 5.75 Å². The molecule has 1 aromatic heterocycles. The van der Waals surface area contributed by atoms with Gasteiger partial charge in [-0.3, -0.25) is 4.90 Å². The van der Waals surface area contributed by atoms with Gasteiger partial charge < -0.3 is 15.5 Å². The molecule has 17 heavy (non-hydrogen) atoms. The number of nitrogens with zero attached hydrogens (tertiary/aromatic N) is 1. The minimum Gasteiger partial charge on any atom is -0.492 e. The molecule has 0 spiro atoms. The Balaban J connectivity index is 1.59. The minimum absolute atomic E-state index is 0.364. The molecule has 0 bridgehead atoms. The molecule has 0 amide bonds. The zero-order chi connectivity index (χ0) is 11.7. The van der Waals surface area contributed by atoms with Crippen molar-refractivity contribution in [2.24, 2.45) is 5.73 Å². The van der Waals surface area contributed by atoms with Crippen LogP contribution in [0.5, 0.6) is 5.75 Å². The normalized spacial score (nSPS) is 17.2. The van der Waals surface area contributed by atoms with Gasteiger partial charge in [-0.1, -0.05) is 6.07 Å². The maximum atomic E-state index is 5.82. The van der Waals surface area contributed by atoms with E-state index in [1.165, 1.54) is 0 Å². The third-order valence-corrected chi connectivity index (χ3v) is 3.21. The SMILES string of the molecule is NC1CN(CCOc2cccc3[nH]ccc23)C1. The van der Waals surface area contributed by atoms with E-state index in [-0.39, 0.29) is 0 Å². The van der Waals surface area contributed by atoms with Crippen LogP contribution in [-0.2, 0) is 0 Å². The van der Waals surface area contributed by atoms with Gasteiger partial charge in [0.05, 0.1) is 0 Å². The maximum absolute atomic E-state index is 5.82. The van der Waals surface area contributed by atoms with Crippen molar-refractivity contribution < 1.29 is 4.74 Å². The van der Waals surface area contributed by atoms with Gasteiger partial charge in [0.15, 0.2) is 0 Å². The molecule has 0 unspecified atom stereocenters. The number of H-pyrrole nitrogens is 1. The molecule has 1 aromatic carbocycles. The monoisotopic (exact) mass is 231 g/mol. The summed E-state index contributed by atoms with van der Waals surface area (Å²) >= 11 is 0. The van der Waals surface area contributed by atoms with Crippen LogP contribution in [0, 0.1) is 0 Å². The lowest BCUT2D eigenvalue weighted by Gasteiger charge is -2.36. The smallest absolute Gasteiger partial charge is 0.128 e. The quantitative estimate of drug-likeness (QED) is 0.831. The van der Waals surface area contributed by atoms with Crippen LogP contribution in [0.2, 0.25) is 0 Å². The van der Waals surface area contributed by atoms with Crippen molar-refractivity contribution >= 4 is 10.9 Å². The number of rotatable bonds is 4. The van der Waals surface area contributed by atoms with E-state index in [2.05, 4.69) is 16.0 Å². The first-order valence-electron chi connectivity index (χ1n) is 6.00. The van der Waals surface area contributed by atoms with Crippen LogP contribution in [0.1, 0.15) is 0 Å². The Morgan fingerprint density at radius 2 is 2.24 bits per heavy atom. The number of hydrogen-bond donors (Lipinski definition) is 2. The van der Waals surface area contributed by atoms with Crippen molar-refractivity contribution in [2.45, 2.75) is 6.04 Å². The second-order valence-electron chi connectivity index (χ2n) is 4.56. The summed E-state index contributed by atoms with van der Waals surface area (Å²) in [6.07, 6.45) is 1.94. The van der Waals surface area contributed by atoms with Gasteiger partial charge in [0.1, 0.15) is 12.4 Å². The third-order valence-electron chi connectivity index (χ3n) is 3.21. The molecule has 4 nitrogen and oxygen atoms in total. The molecular formula is C13H17N3O. The first-order chi connectivity index (χ1) is 8.33. The second-order valence-corrected chi connectivity index (χ2v) is 4.56. The van der Waals surface area contributed by atoms with Gasteiger partial charge in [0.2, 0.25) is 0 Å². The van der Waals surface area contributed by atoms with Crippen LogP contribution in [0.15, 0.2) is 30.5 Å². The molecule has 0 saturated carbocycles. The number of ether oxygens (including phenoxy) is 1. The molecule has 4 heteroatoms. The topological polar surface area (TPSA) is 54.3 Å². The molecular weight excluding hydrogens is 214 g/mol.